The molecule has 3 saturated carbocycles. The summed E-state index contributed by atoms with van der Waals surface area (Å²) in [5.41, 5.74) is -0.788. The van der Waals surface area contributed by atoms with Crippen molar-refractivity contribution in [1.29, 1.82) is 0 Å². The van der Waals surface area contributed by atoms with Gasteiger partial charge in [0.1, 0.15) is 23.9 Å². The van der Waals surface area contributed by atoms with E-state index in [0.717, 1.165) is 6.92 Å². The van der Waals surface area contributed by atoms with Crippen molar-refractivity contribution in [3.8, 4) is 0 Å². The van der Waals surface area contributed by atoms with Crippen molar-refractivity contribution in [2.75, 3.05) is 6.61 Å². The topological polar surface area (TPSA) is 209 Å². The molecule has 51 heavy (non-hydrogen) atoms. The zero-order valence-corrected chi connectivity index (χ0v) is 29.2. The molecule has 4 aliphatic rings. The Morgan fingerprint density at radius 2 is 1.59 bits per heavy atom. The highest BCUT2D eigenvalue weighted by Crippen LogP contribution is 2.64. The van der Waals surface area contributed by atoms with Gasteiger partial charge in [-0.05, 0) is 24.6 Å². The molecular weight excluding hydrogens is 662 g/mol. The molecule has 6 rings (SSSR count). The minimum Gasteiger partial charge on any atom is -0.460 e. The first-order chi connectivity index (χ1) is 23.9. The van der Waals surface area contributed by atoms with Crippen LogP contribution < -0.4 is 5.73 Å². The van der Waals surface area contributed by atoms with E-state index in [1.165, 1.54) is 19.1 Å². The Bertz CT molecular complexity index is 1720. The van der Waals surface area contributed by atoms with Crippen LogP contribution in [0.2, 0.25) is 0 Å². The van der Waals surface area contributed by atoms with Crippen LogP contribution in [0.25, 0.3) is 0 Å². The molecule has 13 heteroatoms. The number of ketones is 2. The summed E-state index contributed by atoms with van der Waals surface area (Å²) in [6.07, 6.45) is -8.00. The molecule has 2 aromatic rings. The molecule has 13 nitrogen and oxygen atoms in total. The van der Waals surface area contributed by atoms with Crippen molar-refractivity contribution < 1.29 is 58.2 Å². The van der Waals surface area contributed by atoms with E-state index in [4.69, 9.17) is 24.7 Å². The highest BCUT2D eigenvalue weighted by molar-refractivity contribution is 6.40. The fourth-order valence-corrected chi connectivity index (χ4v) is 9.30. The van der Waals surface area contributed by atoms with Crippen molar-refractivity contribution in [3.63, 3.8) is 0 Å². The number of fused-ring (bicyclic) bond motifs is 5. The number of aliphatic hydroxyl groups excluding tert-OH is 2. The summed E-state index contributed by atoms with van der Waals surface area (Å²) in [5, 5.41) is 35.9. The van der Waals surface area contributed by atoms with Gasteiger partial charge in [0.15, 0.2) is 11.7 Å². The second kappa shape index (κ2) is 12.9. The van der Waals surface area contributed by atoms with Crippen molar-refractivity contribution >= 4 is 29.5 Å². The zero-order valence-electron chi connectivity index (χ0n) is 29.2. The SMILES string of the molecule is CC(=O)O[C@@]12CO[C@@H]1C[C@H](O)[C@@]1(C)C(=O)C(=O)C3C(C)[C@@H](OC(=O)[C@H](O)[C@@H](N)c4ccccc4)C[C@@](O)([C@@H](OC(=O)c4ccccc4)[C@H]21)C3(C)C. The summed E-state index contributed by atoms with van der Waals surface area (Å²) in [6, 6.07) is 15.1. The van der Waals surface area contributed by atoms with Crippen LogP contribution in [0.3, 0.4) is 0 Å². The Hall–Kier alpha value is -4.01. The number of carbonyl (C=O) groups is 5. The third kappa shape index (κ3) is 5.52. The zero-order chi connectivity index (χ0) is 37.3. The number of esters is 3. The molecular formula is C38H45NO12. The van der Waals surface area contributed by atoms with Gasteiger partial charge in [-0.2, -0.15) is 0 Å². The first-order valence-electron chi connectivity index (χ1n) is 17.2. The number of hydrogen-bond acceptors (Lipinski definition) is 13. The number of Topliss-reactive ketones (excluding diaryl/α,β-unsaturated/α-hetero) is 2. The molecule has 0 spiro atoms. The van der Waals surface area contributed by atoms with Crippen LogP contribution in [-0.4, -0.2) is 93.1 Å². The molecule has 0 amide bonds. The third-order valence-corrected chi connectivity index (χ3v) is 12.3. The number of ether oxygens (including phenoxy) is 4. The maximum Gasteiger partial charge on any atom is 0.338 e. The summed E-state index contributed by atoms with van der Waals surface area (Å²) in [6.45, 7) is 6.98. The van der Waals surface area contributed by atoms with Gasteiger partial charge in [-0.15, -0.1) is 0 Å². The average Bonchev–Trinajstić information content (AvgIpc) is 3.09. The maximum absolute atomic E-state index is 14.7. The van der Waals surface area contributed by atoms with Gasteiger partial charge < -0.3 is 40.0 Å². The smallest absolute Gasteiger partial charge is 0.338 e. The monoisotopic (exact) mass is 707 g/mol. The second-order valence-corrected chi connectivity index (χ2v) is 15.3. The summed E-state index contributed by atoms with van der Waals surface area (Å²) in [5.74, 6) is -8.47. The second-order valence-electron chi connectivity index (χ2n) is 15.3. The standard InChI is InChI=1S/C38H45NO12/c1-19-23(49-34(46)29(43)27(39)21-12-8-6-9-13-21)17-38(47)32(50-33(45)22-14-10-7-11-15-22)30-36(5,31(44)28(42)26(19)35(38,3)4)24(41)16-25-37(30,18-48-25)51-20(2)40/h6-15,19,23-27,29-30,32,41,43,47H,16-18,39H2,1-5H3/t19?,23-,24-,25+,26?,27-,29+,30-,32-,36+,37-,38+/m0/s1. The van der Waals surface area contributed by atoms with E-state index >= 15 is 0 Å². The van der Waals surface area contributed by atoms with Crippen molar-refractivity contribution in [2.24, 2.45) is 34.3 Å². The highest BCUT2D eigenvalue weighted by atomic mass is 16.6. The van der Waals surface area contributed by atoms with Gasteiger partial charge >= 0.3 is 17.9 Å². The van der Waals surface area contributed by atoms with E-state index in [2.05, 4.69) is 0 Å². The van der Waals surface area contributed by atoms with Crippen LogP contribution in [0.1, 0.15) is 69.4 Å². The predicted molar refractivity (Wildman–Crippen MR) is 177 cm³/mol. The van der Waals surface area contributed by atoms with Gasteiger partial charge in [-0.1, -0.05) is 69.3 Å². The number of benzene rings is 2. The van der Waals surface area contributed by atoms with Gasteiger partial charge in [-0.3, -0.25) is 14.4 Å². The van der Waals surface area contributed by atoms with E-state index < -0.39 is 112 Å². The first kappa shape index (κ1) is 36.8. The largest absolute Gasteiger partial charge is 0.460 e. The highest BCUT2D eigenvalue weighted by Gasteiger charge is 2.79. The minimum atomic E-state index is -2.28. The van der Waals surface area contributed by atoms with Gasteiger partial charge in [0.2, 0.25) is 11.6 Å². The number of hydrogen-bond donors (Lipinski definition) is 4. The molecule has 12 atom stereocenters. The molecule has 3 aliphatic carbocycles. The van der Waals surface area contributed by atoms with Gasteiger partial charge in [-0.25, -0.2) is 9.59 Å². The summed E-state index contributed by atoms with van der Waals surface area (Å²) in [7, 11) is 0. The van der Waals surface area contributed by atoms with Crippen molar-refractivity contribution in [2.45, 2.75) is 95.2 Å². The molecule has 5 N–H and O–H groups in total. The maximum atomic E-state index is 14.7. The Labute approximate surface area is 295 Å². The molecule has 0 aromatic heterocycles. The van der Waals surface area contributed by atoms with Crippen molar-refractivity contribution in [3.05, 3.63) is 71.8 Å². The Morgan fingerprint density at radius 1 is 0.980 bits per heavy atom. The summed E-state index contributed by atoms with van der Waals surface area (Å²) >= 11 is 0. The fourth-order valence-electron chi connectivity index (χ4n) is 9.30. The van der Waals surface area contributed by atoms with E-state index in [0.29, 0.717) is 5.56 Å². The Balaban J connectivity index is 1.51. The van der Waals surface area contributed by atoms with E-state index in [-0.39, 0.29) is 18.6 Å². The molecule has 0 radical (unpaired) electrons. The quantitative estimate of drug-likeness (QED) is 0.184. The van der Waals surface area contributed by atoms with Crippen molar-refractivity contribution in [1.82, 2.24) is 0 Å². The van der Waals surface area contributed by atoms with Crippen LogP contribution in [0.5, 0.6) is 0 Å². The number of nitrogens with two attached hydrogens (primary N) is 1. The lowest BCUT2D eigenvalue weighted by Crippen LogP contribution is -2.82. The lowest BCUT2D eigenvalue weighted by atomic mass is 9.42. The number of rotatable bonds is 7. The lowest BCUT2D eigenvalue weighted by Gasteiger charge is -2.67. The molecule has 1 aliphatic heterocycles. The lowest BCUT2D eigenvalue weighted by molar-refractivity contribution is -0.350. The minimum absolute atomic E-state index is 0.103. The van der Waals surface area contributed by atoms with E-state index in [1.807, 2.05) is 0 Å². The Kier molecular flexibility index (Phi) is 9.29. The van der Waals surface area contributed by atoms with Gasteiger partial charge in [0.05, 0.1) is 35.6 Å². The van der Waals surface area contributed by atoms with Crippen LogP contribution in [0, 0.1) is 28.6 Å². The number of carbonyl (C=O) groups excluding carboxylic acids is 5. The summed E-state index contributed by atoms with van der Waals surface area (Å²) in [4.78, 5) is 69.5. The molecule has 1 saturated heterocycles. The molecule has 1 heterocycles. The molecule has 274 valence electrons. The van der Waals surface area contributed by atoms with Gasteiger partial charge in [0.25, 0.3) is 0 Å². The van der Waals surface area contributed by atoms with E-state index in [1.54, 1.807) is 69.3 Å². The third-order valence-electron chi connectivity index (χ3n) is 12.3. The van der Waals surface area contributed by atoms with Crippen LogP contribution in [0.4, 0.5) is 0 Å². The van der Waals surface area contributed by atoms with Crippen LogP contribution >= 0.6 is 0 Å². The molecule has 2 unspecified atom stereocenters. The molecule has 2 bridgehead atoms. The van der Waals surface area contributed by atoms with E-state index in [9.17, 15) is 39.3 Å². The van der Waals surface area contributed by atoms with Crippen LogP contribution in [0.15, 0.2) is 60.7 Å². The fraction of sp³-hybridized carbons (Fsp3) is 0.553. The van der Waals surface area contributed by atoms with Gasteiger partial charge in [0, 0.05) is 37.0 Å². The average molecular weight is 708 g/mol. The van der Waals surface area contributed by atoms with Crippen LogP contribution in [-0.2, 0) is 38.1 Å². The normalized spacial score (nSPS) is 37.9. The Morgan fingerprint density at radius 3 is 2.16 bits per heavy atom. The predicted octanol–water partition coefficient (Wildman–Crippen LogP) is 1.84. The number of aliphatic hydroxyl groups is 3. The summed E-state index contributed by atoms with van der Waals surface area (Å²) < 4.78 is 23.9. The first-order valence-corrected chi connectivity index (χ1v) is 17.2. The molecule has 4 fully saturated rings. The molecule has 2 aromatic carbocycles.